The van der Waals surface area contributed by atoms with Crippen LogP contribution in [0.4, 0.5) is 0 Å². The van der Waals surface area contributed by atoms with Crippen molar-refractivity contribution in [3.05, 3.63) is 36.6 Å². The standard InChI is InChI=1S/C9H13N/c1-4-6-7-8-9(5-2)10-3/h4-5,7-8H,1,3,6H2,2H3. The van der Waals surface area contributed by atoms with Gasteiger partial charge in [0, 0.05) is 0 Å². The first-order valence-electron chi connectivity index (χ1n) is 3.25. The molecule has 0 aromatic rings. The van der Waals surface area contributed by atoms with Crippen LogP contribution in [-0.4, -0.2) is 6.72 Å². The summed E-state index contributed by atoms with van der Waals surface area (Å²) in [5.74, 6) is 0. The number of hydrogen-bond acceptors (Lipinski definition) is 1. The minimum atomic E-state index is 0.882. The molecule has 1 nitrogen and oxygen atoms in total. The van der Waals surface area contributed by atoms with Gasteiger partial charge < -0.3 is 0 Å². The first-order chi connectivity index (χ1) is 4.85. The van der Waals surface area contributed by atoms with E-state index in [0.717, 1.165) is 12.1 Å². The molecular formula is C9H13N. The molecule has 0 saturated carbocycles. The van der Waals surface area contributed by atoms with Crippen LogP contribution in [0.1, 0.15) is 13.3 Å². The van der Waals surface area contributed by atoms with Crippen LogP contribution in [0.5, 0.6) is 0 Å². The highest BCUT2D eigenvalue weighted by Gasteiger charge is 1.78. The Balaban J connectivity index is 3.84. The van der Waals surface area contributed by atoms with Gasteiger partial charge in [-0.1, -0.05) is 18.2 Å². The Kier molecular flexibility index (Phi) is 5.35. The molecule has 0 fully saturated rings. The van der Waals surface area contributed by atoms with E-state index >= 15 is 0 Å². The second-order valence-corrected chi connectivity index (χ2v) is 1.80. The van der Waals surface area contributed by atoms with E-state index in [2.05, 4.69) is 18.3 Å². The fourth-order valence-corrected chi connectivity index (χ4v) is 0.525. The molecule has 10 heavy (non-hydrogen) atoms. The largest absolute Gasteiger partial charge is 0.265 e. The van der Waals surface area contributed by atoms with E-state index < -0.39 is 0 Å². The fraction of sp³-hybridized carbons (Fsp3) is 0.222. The molecule has 0 amide bonds. The number of nitrogens with zero attached hydrogens (tertiary/aromatic N) is 1. The Bertz CT molecular complexity index is 164. The average Bonchev–Trinajstić information content (AvgIpc) is 1.99. The molecule has 0 bridgehead atoms. The van der Waals surface area contributed by atoms with Crippen molar-refractivity contribution in [3.8, 4) is 0 Å². The second kappa shape index (κ2) is 6.02. The lowest BCUT2D eigenvalue weighted by atomic mass is 10.3. The van der Waals surface area contributed by atoms with Crippen molar-refractivity contribution in [3.63, 3.8) is 0 Å². The number of allylic oxidation sites excluding steroid dienone is 4. The SMILES string of the molecule is C=CCC=CC(=CC)N=C. The summed E-state index contributed by atoms with van der Waals surface area (Å²) >= 11 is 0. The normalized spacial score (nSPS) is 11.9. The van der Waals surface area contributed by atoms with E-state index in [-0.39, 0.29) is 0 Å². The van der Waals surface area contributed by atoms with Crippen LogP contribution in [0.2, 0.25) is 0 Å². The summed E-state index contributed by atoms with van der Waals surface area (Å²) in [6.45, 7) is 8.94. The number of hydrogen-bond donors (Lipinski definition) is 0. The van der Waals surface area contributed by atoms with Gasteiger partial charge >= 0.3 is 0 Å². The second-order valence-electron chi connectivity index (χ2n) is 1.80. The molecule has 0 radical (unpaired) electrons. The van der Waals surface area contributed by atoms with E-state index in [1.165, 1.54) is 0 Å². The molecule has 1 heteroatoms. The Hall–Kier alpha value is -1.11. The predicted molar refractivity (Wildman–Crippen MR) is 47.3 cm³/mol. The molecular weight excluding hydrogens is 122 g/mol. The van der Waals surface area contributed by atoms with E-state index in [0.29, 0.717) is 0 Å². The summed E-state index contributed by atoms with van der Waals surface area (Å²) in [5, 5.41) is 0. The zero-order valence-corrected chi connectivity index (χ0v) is 6.38. The van der Waals surface area contributed by atoms with Gasteiger partial charge in [-0.2, -0.15) is 0 Å². The molecule has 0 heterocycles. The van der Waals surface area contributed by atoms with Crippen LogP contribution < -0.4 is 0 Å². The van der Waals surface area contributed by atoms with Crippen LogP contribution in [0, 0.1) is 0 Å². The van der Waals surface area contributed by atoms with Gasteiger partial charge in [0.1, 0.15) is 0 Å². The maximum absolute atomic E-state index is 3.77. The molecule has 0 aliphatic carbocycles. The minimum absolute atomic E-state index is 0.882. The van der Waals surface area contributed by atoms with Gasteiger partial charge in [-0.15, -0.1) is 6.58 Å². The van der Waals surface area contributed by atoms with Gasteiger partial charge in [0.15, 0.2) is 0 Å². The van der Waals surface area contributed by atoms with Crippen molar-refractivity contribution in [2.75, 3.05) is 0 Å². The van der Waals surface area contributed by atoms with Gasteiger partial charge in [-0.3, -0.25) is 4.99 Å². The molecule has 54 valence electrons. The first-order valence-corrected chi connectivity index (χ1v) is 3.25. The Morgan fingerprint density at radius 2 is 2.30 bits per heavy atom. The third kappa shape index (κ3) is 3.84. The number of aliphatic imine (C=N–C) groups is 1. The van der Waals surface area contributed by atoms with E-state index in [9.17, 15) is 0 Å². The zero-order valence-electron chi connectivity index (χ0n) is 6.38. The average molecular weight is 135 g/mol. The highest BCUT2D eigenvalue weighted by molar-refractivity contribution is 5.32. The maximum atomic E-state index is 3.77. The minimum Gasteiger partial charge on any atom is -0.265 e. The molecule has 0 aliphatic heterocycles. The summed E-state index contributed by atoms with van der Waals surface area (Å²) in [5.41, 5.74) is 0.904. The molecule has 0 rings (SSSR count). The topological polar surface area (TPSA) is 12.4 Å². The molecule has 0 spiro atoms. The Labute approximate surface area is 62.5 Å². The van der Waals surface area contributed by atoms with Crippen LogP contribution in [0.3, 0.4) is 0 Å². The zero-order chi connectivity index (χ0) is 7.82. The lowest BCUT2D eigenvalue weighted by molar-refractivity contribution is 1.34. The van der Waals surface area contributed by atoms with Crippen molar-refractivity contribution >= 4 is 6.72 Å². The van der Waals surface area contributed by atoms with Gasteiger partial charge in [0.25, 0.3) is 0 Å². The highest BCUT2D eigenvalue weighted by Crippen LogP contribution is 1.97. The third-order valence-electron chi connectivity index (χ3n) is 1.07. The van der Waals surface area contributed by atoms with Crippen LogP contribution in [0.25, 0.3) is 0 Å². The van der Waals surface area contributed by atoms with Gasteiger partial charge in [-0.25, -0.2) is 0 Å². The molecule has 0 aromatic heterocycles. The summed E-state index contributed by atoms with van der Waals surface area (Å²) in [4.78, 5) is 3.77. The first kappa shape index (κ1) is 8.89. The molecule has 0 saturated heterocycles. The molecule has 0 aromatic carbocycles. The fourth-order valence-electron chi connectivity index (χ4n) is 0.525. The third-order valence-corrected chi connectivity index (χ3v) is 1.07. The summed E-state index contributed by atoms with van der Waals surface area (Å²) in [7, 11) is 0. The summed E-state index contributed by atoms with van der Waals surface area (Å²) in [6.07, 6.45) is 8.55. The monoisotopic (exact) mass is 135 g/mol. The highest BCUT2D eigenvalue weighted by atomic mass is 14.7. The molecule has 0 atom stereocenters. The quantitative estimate of drug-likeness (QED) is 0.319. The smallest absolute Gasteiger partial charge is 0.0576 e. The lowest BCUT2D eigenvalue weighted by Gasteiger charge is -1.86. The van der Waals surface area contributed by atoms with Gasteiger partial charge in [0.2, 0.25) is 0 Å². The van der Waals surface area contributed by atoms with Crippen molar-refractivity contribution in [1.29, 1.82) is 0 Å². The lowest BCUT2D eigenvalue weighted by Crippen LogP contribution is -1.67. The summed E-state index contributed by atoms with van der Waals surface area (Å²) < 4.78 is 0. The van der Waals surface area contributed by atoms with E-state index in [1.54, 1.807) is 0 Å². The van der Waals surface area contributed by atoms with Gasteiger partial charge in [0.05, 0.1) is 5.70 Å². The molecule has 0 N–H and O–H groups in total. The Morgan fingerprint density at radius 1 is 1.60 bits per heavy atom. The van der Waals surface area contributed by atoms with E-state index in [4.69, 9.17) is 0 Å². The van der Waals surface area contributed by atoms with Gasteiger partial charge in [-0.05, 0) is 26.1 Å². The number of rotatable bonds is 4. The van der Waals surface area contributed by atoms with Crippen molar-refractivity contribution in [2.24, 2.45) is 4.99 Å². The Morgan fingerprint density at radius 3 is 2.70 bits per heavy atom. The summed E-state index contributed by atoms with van der Waals surface area (Å²) in [6, 6.07) is 0. The van der Waals surface area contributed by atoms with Crippen LogP contribution in [0.15, 0.2) is 41.6 Å². The van der Waals surface area contributed by atoms with Crippen molar-refractivity contribution < 1.29 is 0 Å². The molecule has 0 aliphatic rings. The van der Waals surface area contributed by atoms with E-state index in [1.807, 2.05) is 31.2 Å². The maximum Gasteiger partial charge on any atom is 0.0576 e. The van der Waals surface area contributed by atoms with Crippen LogP contribution >= 0.6 is 0 Å². The van der Waals surface area contributed by atoms with Crippen LogP contribution in [-0.2, 0) is 0 Å². The molecule has 0 unspecified atom stereocenters. The van der Waals surface area contributed by atoms with Crippen molar-refractivity contribution in [1.82, 2.24) is 0 Å². The van der Waals surface area contributed by atoms with Crippen molar-refractivity contribution in [2.45, 2.75) is 13.3 Å². The predicted octanol–water partition coefficient (Wildman–Crippen LogP) is 2.72.